The van der Waals surface area contributed by atoms with E-state index in [0.717, 1.165) is 32.4 Å². The summed E-state index contributed by atoms with van der Waals surface area (Å²) in [6, 6.07) is 1.22. The molecule has 0 bridgehead atoms. The van der Waals surface area contributed by atoms with Crippen molar-refractivity contribution < 1.29 is 14.7 Å². The van der Waals surface area contributed by atoms with E-state index in [0.29, 0.717) is 11.6 Å². The van der Waals surface area contributed by atoms with E-state index < -0.39 is 5.97 Å². The predicted octanol–water partition coefficient (Wildman–Crippen LogP) is 2.43. The van der Waals surface area contributed by atoms with Crippen LogP contribution < -0.4 is 5.32 Å². The molecule has 1 aromatic rings. The summed E-state index contributed by atoms with van der Waals surface area (Å²) < 4.78 is 0. The highest BCUT2D eigenvalue weighted by molar-refractivity contribution is 5.92. The Morgan fingerprint density at radius 1 is 1.40 bits per heavy atom. The van der Waals surface area contributed by atoms with Crippen molar-refractivity contribution in [1.82, 2.24) is 9.88 Å². The number of carboxylic acids is 1. The molecule has 0 saturated carbocycles. The maximum Gasteiger partial charge on any atom is 0.337 e. The molecule has 0 aliphatic carbocycles. The van der Waals surface area contributed by atoms with Crippen LogP contribution >= 0.6 is 0 Å². The first-order chi connectivity index (χ1) is 9.60. The number of nitrogens with zero attached hydrogens (tertiary/aromatic N) is 2. The molecule has 1 fully saturated rings. The molecule has 1 aliphatic rings. The van der Waals surface area contributed by atoms with Crippen molar-refractivity contribution in [2.45, 2.75) is 26.2 Å². The topological polar surface area (TPSA) is 82.5 Å². The molecule has 2 amide bonds. The number of urea groups is 1. The van der Waals surface area contributed by atoms with Gasteiger partial charge in [-0.25, -0.2) is 9.59 Å². The van der Waals surface area contributed by atoms with E-state index in [-0.39, 0.29) is 11.6 Å². The van der Waals surface area contributed by atoms with E-state index in [4.69, 9.17) is 5.11 Å². The Labute approximate surface area is 117 Å². The van der Waals surface area contributed by atoms with Crippen LogP contribution in [0, 0.1) is 5.92 Å². The number of carbonyl (C=O) groups is 2. The lowest BCUT2D eigenvalue weighted by molar-refractivity contribution is 0.0696. The van der Waals surface area contributed by atoms with Gasteiger partial charge in [0.25, 0.3) is 0 Å². The molecule has 108 valence electrons. The molecule has 2 N–H and O–H groups in total. The predicted molar refractivity (Wildman–Crippen MR) is 74.8 cm³/mol. The summed E-state index contributed by atoms with van der Waals surface area (Å²) in [4.78, 5) is 28.5. The van der Waals surface area contributed by atoms with Gasteiger partial charge in [-0.05, 0) is 24.8 Å². The number of piperidine rings is 1. The van der Waals surface area contributed by atoms with Gasteiger partial charge in [0.05, 0.1) is 17.4 Å². The third-order valence-corrected chi connectivity index (χ3v) is 3.72. The molecule has 0 aromatic carbocycles. The van der Waals surface area contributed by atoms with Gasteiger partial charge in [0, 0.05) is 19.3 Å². The zero-order valence-corrected chi connectivity index (χ0v) is 11.5. The van der Waals surface area contributed by atoms with Gasteiger partial charge in [-0.15, -0.1) is 0 Å². The minimum absolute atomic E-state index is 0.0625. The van der Waals surface area contributed by atoms with Gasteiger partial charge < -0.3 is 15.3 Å². The Kier molecular flexibility index (Phi) is 4.55. The summed E-state index contributed by atoms with van der Waals surface area (Å²) >= 11 is 0. The Hall–Kier alpha value is -2.11. The van der Waals surface area contributed by atoms with Crippen molar-refractivity contribution >= 4 is 17.7 Å². The number of hydrogen-bond acceptors (Lipinski definition) is 3. The lowest BCUT2D eigenvalue weighted by atomic mass is 9.95. The van der Waals surface area contributed by atoms with E-state index in [9.17, 15) is 9.59 Å². The van der Waals surface area contributed by atoms with E-state index in [1.807, 2.05) is 0 Å². The fourth-order valence-corrected chi connectivity index (χ4v) is 2.37. The second-order valence-electron chi connectivity index (χ2n) is 5.04. The van der Waals surface area contributed by atoms with Crippen LogP contribution in [0.3, 0.4) is 0 Å². The van der Waals surface area contributed by atoms with Crippen LogP contribution in [0.2, 0.25) is 0 Å². The smallest absolute Gasteiger partial charge is 0.337 e. The third-order valence-electron chi connectivity index (χ3n) is 3.72. The average Bonchev–Trinajstić information content (AvgIpc) is 2.47. The minimum Gasteiger partial charge on any atom is -0.478 e. The highest BCUT2D eigenvalue weighted by atomic mass is 16.4. The standard InChI is InChI=1S/C14H19N3O3/c1-2-10-3-5-17(6-4-10)14(20)16-12-7-11(13(18)19)8-15-9-12/h7-10H,2-6H2,1H3,(H,16,20)(H,18,19). The van der Waals surface area contributed by atoms with Crippen LogP contribution in [0.5, 0.6) is 0 Å². The number of carboxylic acid groups (broad SMARTS) is 1. The fourth-order valence-electron chi connectivity index (χ4n) is 2.37. The van der Waals surface area contributed by atoms with E-state index >= 15 is 0 Å². The van der Waals surface area contributed by atoms with Gasteiger partial charge in [0.15, 0.2) is 0 Å². The fraction of sp³-hybridized carbons (Fsp3) is 0.500. The largest absolute Gasteiger partial charge is 0.478 e. The Balaban J connectivity index is 1.95. The number of aromatic carboxylic acids is 1. The number of carbonyl (C=O) groups excluding carboxylic acids is 1. The molecule has 2 heterocycles. The number of rotatable bonds is 3. The molecule has 1 aliphatic heterocycles. The van der Waals surface area contributed by atoms with Crippen LogP contribution in [-0.4, -0.2) is 40.1 Å². The van der Waals surface area contributed by atoms with E-state index in [2.05, 4.69) is 17.2 Å². The number of hydrogen-bond donors (Lipinski definition) is 2. The SMILES string of the molecule is CCC1CCN(C(=O)Nc2cncc(C(=O)O)c2)CC1. The molecule has 1 aromatic heterocycles. The van der Waals surface area contributed by atoms with Crippen molar-refractivity contribution in [3.8, 4) is 0 Å². The van der Waals surface area contributed by atoms with E-state index in [1.54, 1.807) is 4.90 Å². The Morgan fingerprint density at radius 2 is 2.10 bits per heavy atom. The number of amides is 2. The normalized spacial score (nSPS) is 15.9. The van der Waals surface area contributed by atoms with Gasteiger partial charge in [0.1, 0.15) is 0 Å². The first-order valence-corrected chi connectivity index (χ1v) is 6.84. The molecule has 6 heteroatoms. The molecule has 20 heavy (non-hydrogen) atoms. The van der Waals surface area contributed by atoms with Crippen molar-refractivity contribution in [2.24, 2.45) is 5.92 Å². The number of anilines is 1. The van der Waals surface area contributed by atoms with Crippen LogP contribution in [-0.2, 0) is 0 Å². The molecule has 0 atom stereocenters. The van der Waals surface area contributed by atoms with Gasteiger partial charge in [-0.1, -0.05) is 13.3 Å². The third kappa shape index (κ3) is 3.46. The molecular formula is C14H19N3O3. The maximum absolute atomic E-state index is 12.1. The van der Waals surface area contributed by atoms with E-state index in [1.165, 1.54) is 18.5 Å². The highest BCUT2D eigenvalue weighted by Crippen LogP contribution is 2.20. The first kappa shape index (κ1) is 14.3. The van der Waals surface area contributed by atoms with Crippen molar-refractivity contribution in [1.29, 1.82) is 0 Å². The maximum atomic E-state index is 12.1. The molecule has 0 unspecified atom stereocenters. The summed E-state index contributed by atoms with van der Waals surface area (Å²) in [7, 11) is 0. The van der Waals surface area contributed by atoms with Crippen LogP contribution in [0.15, 0.2) is 18.5 Å². The molecule has 0 radical (unpaired) electrons. The van der Waals surface area contributed by atoms with Crippen molar-refractivity contribution in [3.05, 3.63) is 24.0 Å². The van der Waals surface area contributed by atoms with Gasteiger partial charge in [0.2, 0.25) is 0 Å². The second kappa shape index (κ2) is 6.36. The average molecular weight is 277 g/mol. The zero-order chi connectivity index (χ0) is 14.5. The lowest BCUT2D eigenvalue weighted by Crippen LogP contribution is -2.41. The second-order valence-corrected chi connectivity index (χ2v) is 5.04. The van der Waals surface area contributed by atoms with Crippen LogP contribution in [0.1, 0.15) is 36.5 Å². The first-order valence-electron chi connectivity index (χ1n) is 6.84. The molecule has 1 saturated heterocycles. The Bertz CT molecular complexity index is 496. The number of likely N-dealkylation sites (tertiary alicyclic amines) is 1. The van der Waals surface area contributed by atoms with Crippen LogP contribution in [0.4, 0.5) is 10.5 Å². The number of aromatic nitrogens is 1. The molecular weight excluding hydrogens is 258 g/mol. The molecule has 2 rings (SSSR count). The Morgan fingerprint density at radius 3 is 2.70 bits per heavy atom. The summed E-state index contributed by atoms with van der Waals surface area (Å²) in [6.07, 6.45) is 5.91. The zero-order valence-electron chi connectivity index (χ0n) is 11.5. The van der Waals surface area contributed by atoms with Gasteiger partial charge in [-0.3, -0.25) is 4.98 Å². The van der Waals surface area contributed by atoms with Gasteiger partial charge in [-0.2, -0.15) is 0 Å². The quantitative estimate of drug-likeness (QED) is 0.889. The highest BCUT2D eigenvalue weighted by Gasteiger charge is 2.21. The van der Waals surface area contributed by atoms with Crippen LogP contribution in [0.25, 0.3) is 0 Å². The summed E-state index contributed by atoms with van der Waals surface area (Å²) in [5, 5.41) is 11.6. The van der Waals surface area contributed by atoms with Crippen molar-refractivity contribution in [3.63, 3.8) is 0 Å². The summed E-state index contributed by atoms with van der Waals surface area (Å²) in [5.74, 6) is -0.353. The van der Waals surface area contributed by atoms with Crippen molar-refractivity contribution in [2.75, 3.05) is 18.4 Å². The monoisotopic (exact) mass is 277 g/mol. The van der Waals surface area contributed by atoms with Gasteiger partial charge >= 0.3 is 12.0 Å². The minimum atomic E-state index is -1.06. The molecule has 0 spiro atoms. The number of pyridine rings is 1. The summed E-state index contributed by atoms with van der Waals surface area (Å²) in [6.45, 7) is 3.66. The number of nitrogens with one attached hydrogen (secondary N) is 1. The molecule has 6 nitrogen and oxygen atoms in total. The lowest BCUT2D eigenvalue weighted by Gasteiger charge is -2.31. The summed E-state index contributed by atoms with van der Waals surface area (Å²) in [5.41, 5.74) is 0.472.